The Morgan fingerprint density at radius 1 is 1.64 bits per heavy atom. The minimum atomic E-state index is -0.197. The molecule has 64 valence electrons. The number of esters is 1. The van der Waals surface area contributed by atoms with Crippen LogP contribution in [0.25, 0.3) is 0 Å². The first-order valence-electron chi connectivity index (χ1n) is 3.93. The molecule has 0 spiro atoms. The minimum absolute atomic E-state index is 0.197. The van der Waals surface area contributed by atoms with E-state index in [1.165, 1.54) is 6.92 Å². The van der Waals surface area contributed by atoms with Crippen molar-refractivity contribution in [1.82, 2.24) is 0 Å². The van der Waals surface area contributed by atoms with Gasteiger partial charge in [-0.05, 0) is 19.3 Å². The third-order valence-electron chi connectivity index (χ3n) is 1.40. The molecule has 0 aromatic rings. The third-order valence-corrected chi connectivity index (χ3v) is 1.40. The second kappa shape index (κ2) is 5.96. The fourth-order valence-electron chi connectivity index (χ4n) is 0.813. The molecule has 1 unspecified atom stereocenters. The normalized spacial score (nSPS) is 13.4. The summed E-state index contributed by atoms with van der Waals surface area (Å²) in [5.41, 5.74) is 0. The van der Waals surface area contributed by atoms with Gasteiger partial charge in [-0.1, -0.05) is 19.1 Å². The highest BCUT2D eigenvalue weighted by Crippen LogP contribution is 2.03. The first kappa shape index (κ1) is 10.2. The van der Waals surface area contributed by atoms with Crippen molar-refractivity contribution in [2.24, 2.45) is 5.92 Å². The fraction of sp³-hybridized carbons (Fsp3) is 0.667. The molecule has 0 bridgehead atoms. The monoisotopic (exact) mass is 156 g/mol. The zero-order valence-corrected chi connectivity index (χ0v) is 7.46. The highest BCUT2D eigenvalue weighted by Gasteiger charge is 1.97. The molecule has 0 amide bonds. The molecular weight excluding hydrogens is 140 g/mol. The van der Waals surface area contributed by atoms with Crippen LogP contribution in [0.5, 0.6) is 0 Å². The van der Waals surface area contributed by atoms with E-state index in [4.69, 9.17) is 4.74 Å². The summed E-state index contributed by atoms with van der Waals surface area (Å²) in [6, 6.07) is 0. The van der Waals surface area contributed by atoms with Crippen LogP contribution in [0.1, 0.15) is 27.2 Å². The number of ether oxygens (including phenoxy) is 1. The molecule has 0 rings (SSSR count). The average molecular weight is 156 g/mol. The number of hydrogen-bond donors (Lipinski definition) is 0. The zero-order valence-electron chi connectivity index (χ0n) is 7.46. The topological polar surface area (TPSA) is 26.3 Å². The van der Waals surface area contributed by atoms with E-state index in [0.717, 1.165) is 6.42 Å². The van der Waals surface area contributed by atoms with Crippen LogP contribution >= 0.6 is 0 Å². The molecule has 0 aliphatic heterocycles. The van der Waals surface area contributed by atoms with Crippen LogP contribution in [0.2, 0.25) is 0 Å². The molecule has 1 atom stereocenters. The Kier molecular flexibility index (Phi) is 5.53. The first-order chi connectivity index (χ1) is 5.16. The lowest BCUT2D eigenvalue weighted by Crippen LogP contribution is -2.03. The number of hydrogen-bond acceptors (Lipinski definition) is 2. The predicted molar refractivity (Wildman–Crippen MR) is 45.2 cm³/mol. The molecule has 0 saturated carbocycles. The lowest BCUT2D eigenvalue weighted by molar-refractivity contribution is -0.141. The number of rotatable bonds is 4. The molecule has 0 aliphatic carbocycles. The molecule has 0 fully saturated rings. The predicted octanol–water partition coefficient (Wildman–Crippen LogP) is 2.15. The quantitative estimate of drug-likeness (QED) is 0.460. The van der Waals surface area contributed by atoms with E-state index >= 15 is 0 Å². The van der Waals surface area contributed by atoms with Gasteiger partial charge in [0.05, 0.1) is 6.61 Å². The second-order valence-electron chi connectivity index (χ2n) is 2.63. The Labute approximate surface area is 68.2 Å². The summed E-state index contributed by atoms with van der Waals surface area (Å²) in [4.78, 5) is 10.3. The summed E-state index contributed by atoms with van der Waals surface area (Å²) in [6.07, 6.45) is 5.02. The van der Waals surface area contributed by atoms with Gasteiger partial charge < -0.3 is 4.74 Å². The van der Waals surface area contributed by atoms with E-state index < -0.39 is 0 Å². The van der Waals surface area contributed by atoms with Gasteiger partial charge in [-0.2, -0.15) is 0 Å². The zero-order chi connectivity index (χ0) is 8.69. The van der Waals surface area contributed by atoms with Crippen molar-refractivity contribution < 1.29 is 9.53 Å². The molecule has 11 heavy (non-hydrogen) atoms. The third kappa shape index (κ3) is 7.10. The molecule has 0 aliphatic rings. The van der Waals surface area contributed by atoms with Gasteiger partial charge in [0.1, 0.15) is 0 Å². The standard InChI is InChI=1S/C9H16O2/c1-4-5-8(2)6-7-11-9(3)10/h4-5,8H,6-7H2,1-3H3/b5-4+. The van der Waals surface area contributed by atoms with E-state index in [1.54, 1.807) is 0 Å². The lowest BCUT2D eigenvalue weighted by Gasteiger charge is -2.04. The van der Waals surface area contributed by atoms with E-state index in [0.29, 0.717) is 12.5 Å². The molecule has 0 heterocycles. The van der Waals surface area contributed by atoms with Crippen molar-refractivity contribution in [3.8, 4) is 0 Å². The van der Waals surface area contributed by atoms with Crippen molar-refractivity contribution in [2.45, 2.75) is 27.2 Å². The maximum Gasteiger partial charge on any atom is 0.302 e. The molecule has 0 radical (unpaired) electrons. The molecular formula is C9H16O2. The summed E-state index contributed by atoms with van der Waals surface area (Å²) < 4.78 is 4.79. The number of carbonyl (C=O) groups excluding carboxylic acids is 1. The van der Waals surface area contributed by atoms with Gasteiger partial charge in [0, 0.05) is 6.92 Å². The van der Waals surface area contributed by atoms with Crippen LogP contribution in [0.15, 0.2) is 12.2 Å². The van der Waals surface area contributed by atoms with Crippen LogP contribution in [-0.2, 0) is 9.53 Å². The molecule has 2 nitrogen and oxygen atoms in total. The Hall–Kier alpha value is -0.790. The van der Waals surface area contributed by atoms with Gasteiger partial charge in [-0.3, -0.25) is 4.79 Å². The van der Waals surface area contributed by atoms with Crippen LogP contribution in [0.3, 0.4) is 0 Å². The summed E-state index contributed by atoms with van der Waals surface area (Å²) in [7, 11) is 0. The molecule has 2 heteroatoms. The van der Waals surface area contributed by atoms with Gasteiger partial charge in [-0.25, -0.2) is 0 Å². The number of allylic oxidation sites excluding steroid dienone is 2. The van der Waals surface area contributed by atoms with Gasteiger partial charge in [0.25, 0.3) is 0 Å². The fourth-order valence-corrected chi connectivity index (χ4v) is 0.813. The van der Waals surface area contributed by atoms with Gasteiger partial charge in [0.15, 0.2) is 0 Å². The summed E-state index contributed by atoms with van der Waals surface area (Å²) in [5, 5.41) is 0. The van der Waals surface area contributed by atoms with Gasteiger partial charge >= 0.3 is 5.97 Å². The van der Waals surface area contributed by atoms with Crippen molar-refractivity contribution in [3.63, 3.8) is 0 Å². The minimum Gasteiger partial charge on any atom is -0.466 e. The van der Waals surface area contributed by atoms with E-state index in [9.17, 15) is 4.79 Å². The van der Waals surface area contributed by atoms with Gasteiger partial charge in [-0.15, -0.1) is 0 Å². The lowest BCUT2D eigenvalue weighted by atomic mass is 10.1. The Bertz CT molecular complexity index is 138. The van der Waals surface area contributed by atoms with Crippen LogP contribution in [0.4, 0.5) is 0 Å². The van der Waals surface area contributed by atoms with Crippen molar-refractivity contribution >= 4 is 5.97 Å². The van der Waals surface area contributed by atoms with Crippen molar-refractivity contribution in [1.29, 1.82) is 0 Å². The summed E-state index contributed by atoms with van der Waals surface area (Å²) >= 11 is 0. The summed E-state index contributed by atoms with van der Waals surface area (Å²) in [6.45, 7) is 6.05. The molecule has 0 N–H and O–H groups in total. The van der Waals surface area contributed by atoms with Crippen LogP contribution < -0.4 is 0 Å². The highest BCUT2D eigenvalue weighted by atomic mass is 16.5. The smallest absolute Gasteiger partial charge is 0.302 e. The maximum atomic E-state index is 10.3. The molecule has 0 aromatic heterocycles. The molecule has 0 saturated heterocycles. The highest BCUT2D eigenvalue weighted by molar-refractivity contribution is 5.65. The van der Waals surface area contributed by atoms with Crippen molar-refractivity contribution in [2.75, 3.05) is 6.61 Å². The summed E-state index contributed by atoms with van der Waals surface area (Å²) in [5.74, 6) is 0.303. The Balaban J connectivity index is 3.31. The maximum absolute atomic E-state index is 10.3. The second-order valence-corrected chi connectivity index (χ2v) is 2.63. The van der Waals surface area contributed by atoms with Crippen LogP contribution in [-0.4, -0.2) is 12.6 Å². The largest absolute Gasteiger partial charge is 0.466 e. The average Bonchev–Trinajstić information content (AvgIpc) is 1.87. The number of carbonyl (C=O) groups is 1. The Morgan fingerprint density at radius 2 is 2.27 bits per heavy atom. The van der Waals surface area contributed by atoms with Crippen molar-refractivity contribution in [3.05, 3.63) is 12.2 Å². The first-order valence-corrected chi connectivity index (χ1v) is 3.93. The van der Waals surface area contributed by atoms with E-state index in [1.807, 2.05) is 13.0 Å². The van der Waals surface area contributed by atoms with E-state index in [2.05, 4.69) is 13.0 Å². The van der Waals surface area contributed by atoms with Gasteiger partial charge in [0.2, 0.25) is 0 Å². The van der Waals surface area contributed by atoms with E-state index in [-0.39, 0.29) is 5.97 Å². The SMILES string of the molecule is C/C=C/C(C)CCOC(C)=O. The Morgan fingerprint density at radius 3 is 2.73 bits per heavy atom. The molecule has 0 aromatic carbocycles. The van der Waals surface area contributed by atoms with Crippen LogP contribution in [0, 0.1) is 5.92 Å².